The van der Waals surface area contributed by atoms with E-state index in [0.717, 1.165) is 15.8 Å². The number of benzene rings is 1. The molecule has 0 amide bonds. The quantitative estimate of drug-likeness (QED) is 0.754. The third kappa shape index (κ3) is 2.86. The molecule has 1 aromatic carbocycles. The van der Waals surface area contributed by atoms with Gasteiger partial charge >= 0.3 is 0 Å². The molecule has 14 heavy (non-hydrogen) atoms. The van der Waals surface area contributed by atoms with Crippen LogP contribution in [0.4, 0.5) is 0 Å². The maximum Gasteiger partial charge on any atom is 0.134 e. The van der Waals surface area contributed by atoms with Gasteiger partial charge in [0.15, 0.2) is 0 Å². The molecule has 0 bridgehead atoms. The second-order valence-corrected chi connectivity index (χ2v) is 3.43. The van der Waals surface area contributed by atoms with Gasteiger partial charge in [0.1, 0.15) is 12.4 Å². The van der Waals surface area contributed by atoms with Crippen LogP contribution in [-0.4, -0.2) is 20.3 Å². The van der Waals surface area contributed by atoms with Crippen LogP contribution in [0.1, 0.15) is 5.56 Å². The monoisotopic (exact) mass is 255 g/mol. The lowest BCUT2D eigenvalue weighted by atomic mass is 10.2. The lowest BCUT2D eigenvalue weighted by Gasteiger charge is -2.08. The Bertz CT molecular complexity index is 310. The molecule has 0 unspecified atom stereocenters. The summed E-state index contributed by atoms with van der Waals surface area (Å²) >= 11 is 3.43. The Morgan fingerprint density at radius 2 is 2.21 bits per heavy atom. The summed E-state index contributed by atoms with van der Waals surface area (Å²) in [4.78, 5) is 0. The molecule has 0 saturated heterocycles. The highest BCUT2D eigenvalue weighted by Crippen LogP contribution is 2.28. The first kappa shape index (κ1) is 11.3. The van der Waals surface area contributed by atoms with Gasteiger partial charge in [-0.15, -0.1) is 0 Å². The van der Waals surface area contributed by atoms with Crippen molar-refractivity contribution in [3.05, 3.63) is 40.9 Å². The van der Waals surface area contributed by atoms with Gasteiger partial charge in [0.2, 0.25) is 0 Å². The molecule has 75 valence electrons. The molecule has 2 nitrogen and oxygen atoms in total. The Kier molecular flexibility index (Phi) is 4.70. The summed E-state index contributed by atoms with van der Waals surface area (Å²) in [5.41, 5.74) is 0.903. The van der Waals surface area contributed by atoms with Crippen LogP contribution in [-0.2, 0) is 4.74 Å². The number of halogens is 1. The Morgan fingerprint density at radius 3 is 2.86 bits per heavy atom. The number of rotatable bonds is 5. The van der Waals surface area contributed by atoms with Crippen molar-refractivity contribution in [2.24, 2.45) is 0 Å². The van der Waals surface area contributed by atoms with E-state index in [4.69, 9.17) is 9.47 Å². The Morgan fingerprint density at radius 1 is 1.43 bits per heavy atom. The maximum atomic E-state index is 5.48. The van der Waals surface area contributed by atoms with E-state index >= 15 is 0 Å². The van der Waals surface area contributed by atoms with Gasteiger partial charge in [-0.2, -0.15) is 0 Å². The summed E-state index contributed by atoms with van der Waals surface area (Å²) in [6.45, 7) is 4.71. The summed E-state index contributed by atoms with van der Waals surface area (Å²) in [5.74, 6) is 0.788. The molecule has 0 atom stereocenters. The van der Waals surface area contributed by atoms with Crippen molar-refractivity contribution in [2.75, 3.05) is 20.3 Å². The molecule has 1 radical (unpaired) electrons. The van der Waals surface area contributed by atoms with Gasteiger partial charge in [-0.1, -0.05) is 18.7 Å². The van der Waals surface area contributed by atoms with E-state index in [-0.39, 0.29) is 0 Å². The molecular weight excluding hydrogens is 244 g/mol. The normalized spacial score (nSPS) is 9.86. The molecule has 0 fully saturated rings. The van der Waals surface area contributed by atoms with E-state index in [2.05, 4.69) is 28.6 Å². The van der Waals surface area contributed by atoms with Crippen LogP contribution in [0.25, 0.3) is 0 Å². The van der Waals surface area contributed by atoms with Gasteiger partial charge in [-0.05, 0) is 33.6 Å². The number of hydrogen-bond acceptors (Lipinski definition) is 2. The van der Waals surface area contributed by atoms with E-state index in [1.165, 1.54) is 0 Å². The van der Waals surface area contributed by atoms with Crippen molar-refractivity contribution in [1.29, 1.82) is 0 Å². The summed E-state index contributed by atoms with van der Waals surface area (Å²) in [7, 11) is 1.65. The smallest absolute Gasteiger partial charge is 0.134 e. The van der Waals surface area contributed by atoms with Crippen LogP contribution in [0.2, 0.25) is 0 Å². The van der Waals surface area contributed by atoms with Gasteiger partial charge in [0.05, 0.1) is 11.1 Å². The average molecular weight is 256 g/mol. The number of hydrogen-bond donors (Lipinski definition) is 0. The van der Waals surface area contributed by atoms with Crippen molar-refractivity contribution in [3.8, 4) is 5.75 Å². The minimum atomic E-state index is 0.537. The van der Waals surface area contributed by atoms with Gasteiger partial charge in [0.25, 0.3) is 0 Å². The van der Waals surface area contributed by atoms with Crippen LogP contribution in [0.3, 0.4) is 0 Å². The van der Waals surface area contributed by atoms with Crippen LogP contribution in [0.5, 0.6) is 5.75 Å². The van der Waals surface area contributed by atoms with Gasteiger partial charge in [-0.3, -0.25) is 0 Å². The Balaban J connectivity index is 2.71. The zero-order chi connectivity index (χ0) is 10.4. The molecule has 0 aliphatic rings. The molecule has 0 aliphatic carbocycles. The highest BCUT2D eigenvalue weighted by molar-refractivity contribution is 9.10. The van der Waals surface area contributed by atoms with Crippen molar-refractivity contribution >= 4 is 15.9 Å². The standard InChI is InChI=1S/C11H12BrO2/c1-3-9-5-4-6-10(11(9)12)14-8-7-13-2/h4-6H,1,7-8H2,2H3. The predicted molar refractivity (Wildman–Crippen MR) is 59.5 cm³/mol. The summed E-state index contributed by atoms with van der Waals surface area (Å²) in [6, 6.07) is 5.71. The van der Waals surface area contributed by atoms with E-state index in [1.54, 1.807) is 7.11 Å². The molecule has 0 heterocycles. The predicted octanol–water partition coefficient (Wildman–Crippen LogP) is 2.81. The van der Waals surface area contributed by atoms with Crippen LogP contribution in [0.15, 0.2) is 29.3 Å². The fraction of sp³-hybridized carbons (Fsp3) is 0.273. The Hall–Kier alpha value is -0.800. The SMILES string of the molecule is C=[C]c1cccc(OCCOC)c1Br. The molecule has 0 saturated carbocycles. The lowest BCUT2D eigenvalue weighted by Crippen LogP contribution is -2.04. The fourth-order valence-electron chi connectivity index (χ4n) is 0.994. The molecule has 0 N–H and O–H groups in total. The molecule has 1 rings (SSSR count). The fourth-order valence-corrected chi connectivity index (χ4v) is 1.51. The average Bonchev–Trinajstić information content (AvgIpc) is 2.21. The van der Waals surface area contributed by atoms with E-state index in [1.807, 2.05) is 18.2 Å². The minimum absolute atomic E-state index is 0.537. The van der Waals surface area contributed by atoms with Crippen molar-refractivity contribution in [1.82, 2.24) is 0 Å². The molecule has 0 aromatic heterocycles. The van der Waals surface area contributed by atoms with E-state index in [0.29, 0.717) is 13.2 Å². The topological polar surface area (TPSA) is 18.5 Å². The van der Waals surface area contributed by atoms with E-state index in [9.17, 15) is 0 Å². The van der Waals surface area contributed by atoms with E-state index < -0.39 is 0 Å². The molecule has 0 spiro atoms. The second kappa shape index (κ2) is 5.83. The molecule has 1 aromatic rings. The third-order valence-corrected chi connectivity index (χ3v) is 2.52. The summed E-state index contributed by atoms with van der Waals surface area (Å²) in [6.07, 6.45) is 2.82. The van der Waals surface area contributed by atoms with Gasteiger partial charge in [0, 0.05) is 7.11 Å². The first-order chi connectivity index (χ1) is 6.79. The second-order valence-electron chi connectivity index (χ2n) is 2.64. The highest BCUT2D eigenvalue weighted by atomic mass is 79.9. The van der Waals surface area contributed by atoms with Gasteiger partial charge in [-0.25, -0.2) is 0 Å². The van der Waals surface area contributed by atoms with Gasteiger partial charge < -0.3 is 9.47 Å². The Labute approximate surface area is 92.7 Å². The first-order valence-corrected chi connectivity index (χ1v) is 5.02. The van der Waals surface area contributed by atoms with Crippen molar-refractivity contribution in [2.45, 2.75) is 0 Å². The minimum Gasteiger partial charge on any atom is -0.490 e. The zero-order valence-corrected chi connectivity index (χ0v) is 9.63. The molecule has 0 aliphatic heterocycles. The maximum absolute atomic E-state index is 5.48. The highest BCUT2D eigenvalue weighted by Gasteiger charge is 2.03. The molecular formula is C11H12BrO2. The third-order valence-electron chi connectivity index (χ3n) is 1.70. The summed E-state index contributed by atoms with van der Waals surface area (Å²) in [5, 5.41) is 0. The lowest BCUT2D eigenvalue weighted by molar-refractivity contribution is 0.146. The van der Waals surface area contributed by atoms with Crippen LogP contribution < -0.4 is 4.74 Å². The number of methoxy groups -OCH3 is 1. The molecule has 3 heteroatoms. The number of ether oxygens (including phenoxy) is 2. The zero-order valence-electron chi connectivity index (χ0n) is 8.05. The van der Waals surface area contributed by atoms with Crippen LogP contribution in [0, 0.1) is 6.08 Å². The van der Waals surface area contributed by atoms with Crippen molar-refractivity contribution in [3.63, 3.8) is 0 Å². The largest absolute Gasteiger partial charge is 0.490 e. The van der Waals surface area contributed by atoms with Crippen molar-refractivity contribution < 1.29 is 9.47 Å². The van der Waals surface area contributed by atoms with Crippen LogP contribution >= 0.6 is 15.9 Å². The first-order valence-electron chi connectivity index (χ1n) is 4.23. The summed E-state index contributed by atoms with van der Waals surface area (Å²) < 4.78 is 11.3.